The zero-order valence-electron chi connectivity index (χ0n) is 12.7. The van der Waals surface area contributed by atoms with Crippen molar-refractivity contribution in [1.82, 2.24) is 5.32 Å². The number of halogens is 2. The van der Waals surface area contributed by atoms with E-state index in [0.717, 1.165) is 18.7 Å². The van der Waals surface area contributed by atoms with Gasteiger partial charge >= 0.3 is 6.61 Å². The molecule has 0 saturated heterocycles. The standard InChI is InChI=1S/C16H25F2NO/c1-11(2)15(12(3)4)10-19-9-13-5-7-14(8-6-13)20-16(17)18/h5-8,11-12,15-16,19H,9-10H2,1-4H3. The van der Waals surface area contributed by atoms with Crippen molar-refractivity contribution in [3.8, 4) is 5.75 Å². The average molecular weight is 285 g/mol. The van der Waals surface area contributed by atoms with Crippen LogP contribution in [0.5, 0.6) is 5.75 Å². The summed E-state index contributed by atoms with van der Waals surface area (Å²) in [5, 5.41) is 3.44. The fourth-order valence-corrected chi connectivity index (χ4v) is 2.41. The van der Waals surface area contributed by atoms with Gasteiger partial charge in [-0.25, -0.2) is 0 Å². The SMILES string of the molecule is CC(C)C(CNCc1ccc(OC(F)F)cc1)C(C)C. The van der Waals surface area contributed by atoms with E-state index in [-0.39, 0.29) is 5.75 Å². The molecule has 1 N–H and O–H groups in total. The minimum Gasteiger partial charge on any atom is -0.435 e. The largest absolute Gasteiger partial charge is 0.435 e. The Kier molecular flexibility index (Phi) is 6.93. The van der Waals surface area contributed by atoms with Crippen LogP contribution in [0.3, 0.4) is 0 Å². The molecule has 114 valence electrons. The van der Waals surface area contributed by atoms with E-state index < -0.39 is 6.61 Å². The molecule has 20 heavy (non-hydrogen) atoms. The van der Waals surface area contributed by atoms with Crippen LogP contribution < -0.4 is 10.1 Å². The predicted molar refractivity (Wildman–Crippen MR) is 77.9 cm³/mol. The van der Waals surface area contributed by atoms with E-state index in [1.165, 1.54) is 0 Å². The molecule has 0 saturated carbocycles. The molecule has 2 nitrogen and oxygen atoms in total. The maximum Gasteiger partial charge on any atom is 0.387 e. The third-order valence-electron chi connectivity index (χ3n) is 3.57. The molecule has 4 heteroatoms. The van der Waals surface area contributed by atoms with Crippen LogP contribution in [0, 0.1) is 17.8 Å². The first kappa shape index (κ1) is 16.9. The Labute approximate surface area is 120 Å². The molecule has 0 fully saturated rings. The Balaban J connectivity index is 2.42. The molecule has 0 aromatic heterocycles. The number of benzene rings is 1. The molecule has 0 amide bonds. The molecule has 0 atom stereocenters. The fraction of sp³-hybridized carbons (Fsp3) is 0.625. The lowest BCUT2D eigenvalue weighted by Gasteiger charge is -2.25. The summed E-state index contributed by atoms with van der Waals surface area (Å²) in [4.78, 5) is 0. The number of hydrogen-bond donors (Lipinski definition) is 1. The highest BCUT2D eigenvalue weighted by molar-refractivity contribution is 5.27. The fourth-order valence-electron chi connectivity index (χ4n) is 2.41. The van der Waals surface area contributed by atoms with Gasteiger partial charge in [0.15, 0.2) is 0 Å². The minimum absolute atomic E-state index is 0.200. The number of ether oxygens (including phenoxy) is 1. The monoisotopic (exact) mass is 285 g/mol. The van der Waals surface area contributed by atoms with Crippen LogP contribution in [0.25, 0.3) is 0 Å². The van der Waals surface area contributed by atoms with E-state index in [1.807, 2.05) is 12.1 Å². The first-order valence-electron chi connectivity index (χ1n) is 7.14. The molecule has 0 bridgehead atoms. The maximum atomic E-state index is 12.0. The Morgan fingerprint density at radius 2 is 1.55 bits per heavy atom. The predicted octanol–water partition coefficient (Wildman–Crippen LogP) is 4.31. The number of alkyl halides is 2. The summed E-state index contributed by atoms with van der Waals surface area (Å²) in [6, 6.07) is 6.77. The van der Waals surface area contributed by atoms with Crippen LogP contribution in [0.15, 0.2) is 24.3 Å². The summed E-state index contributed by atoms with van der Waals surface area (Å²) >= 11 is 0. The van der Waals surface area contributed by atoms with Crippen LogP contribution in [-0.2, 0) is 6.54 Å². The summed E-state index contributed by atoms with van der Waals surface area (Å²) < 4.78 is 28.4. The molecule has 0 heterocycles. The van der Waals surface area contributed by atoms with Crippen molar-refractivity contribution in [2.75, 3.05) is 6.54 Å². The molecule has 1 aromatic rings. The van der Waals surface area contributed by atoms with E-state index in [4.69, 9.17) is 0 Å². The van der Waals surface area contributed by atoms with E-state index in [0.29, 0.717) is 17.8 Å². The zero-order valence-corrected chi connectivity index (χ0v) is 12.7. The van der Waals surface area contributed by atoms with Gasteiger partial charge in [-0.2, -0.15) is 8.78 Å². The van der Waals surface area contributed by atoms with Gasteiger partial charge in [-0.1, -0.05) is 39.8 Å². The van der Waals surface area contributed by atoms with Crippen molar-refractivity contribution < 1.29 is 13.5 Å². The molecule has 1 rings (SSSR count). The zero-order chi connectivity index (χ0) is 15.1. The number of nitrogens with one attached hydrogen (secondary N) is 1. The summed E-state index contributed by atoms with van der Waals surface area (Å²) in [7, 11) is 0. The second-order valence-electron chi connectivity index (χ2n) is 5.81. The summed E-state index contributed by atoms with van der Waals surface area (Å²) in [5.41, 5.74) is 1.07. The minimum atomic E-state index is -2.77. The Bertz CT molecular complexity index is 369. The molecule has 0 aliphatic carbocycles. The van der Waals surface area contributed by atoms with Gasteiger partial charge in [-0.05, 0) is 42.0 Å². The van der Waals surface area contributed by atoms with Gasteiger partial charge < -0.3 is 10.1 Å². The van der Waals surface area contributed by atoms with Gasteiger partial charge in [-0.3, -0.25) is 0 Å². The Morgan fingerprint density at radius 1 is 1.00 bits per heavy atom. The molecule has 0 aliphatic rings. The van der Waals surface area contributed by atoms with Crippen LogP contribution in [0.1, 0.15) is 33.3 Å². The second-order valence-corrected chi connectivity index (χ2v) is 5.81. The molecular formula is C16H25F2NO. The molecular weight excluding hydrogens is 260 g/mol. The normalized spacial score (nSPS) is 11.9. The van der Waals surface area contributed by atoms with Crippen LogP contribution in [0.2, 0.25) is 0 Å². The van der Waals surface area contributed by atoms with Crippen molar-refractivity contribution in [3.05, 3.63) is 29.8 Å². The quantitative estimate of drug-likeness (QED) is 0.768. The van der Waals surface area contributed by atoms with Crippen molar-refractivity contribution >= 4 is 0 Å². The van der Waals surface area contributed by atoms with Gasteiger partial charge in [0.1, 0.15) is 5.75 Å². The Hall–Kier alpha value is -1.16. The van der Waals surface area contributed by atoms with Crippen molar-refractivity contribution in [3.63, 3.8) is 0 Å². The molecule has 0 radical (unpaired) electrons. The van der Waals surface area contributed by atoms with Crippen molar-refractivity contribution in [2.45, 2.75) is 40.9 Å². The summed E-state index contributed by atoms with van der Waals surface area (Å²) in [6.45, 7) is 7.89. The van der Waals surface area contributed by atoms with Crippen molar-refractivity contribution in [2.24, 2.45) is 17.8 Å². The molecule has 0 aliphatic heterocycles. The van der Waals surface area contributed by atoms with E-state index >= 15 is 0 Å². The first-order valence-corrected chi connectivity index (χ1v) is 7.14. The highest BCUT2D eigenvalue weighted by Gasteiger charge is 2.16. The lowest BCUT2D eigenvalue weighted by Crippen LogP contribution is -2.29. The van der Waals surface area contributed by atoms with Crippen LogP contribution in [-0.4, -0.2) is 13.2 Å². The lowest BCUT2D eigenvalue weighted by atomic mass is 9.85. The maximum absolute atomic E-state index is 12.0. The lowest BCUT2D eigenvalue weighted by molar-refractivity contribution is -0.0498. The van der Waals surface area contributed by atoms with E-state index in [1.54, 1.807) is 12.1 Å². The molecule has 0 unspecified atom stereocenters. The van der Waals surface area contributed by atoms with Gasteiger partial charge in [0.25, 0.3) is 0 Å². The molecule has 1 aromatic carbocycles. The van der Waals surface area contributed by atoms with Crippen LogP contribution in [0.4, 0.5) is 8.78 Å². The van der Waals surface area contributed by atoms with Gasteiger partial charge in [0.2, 0.25) is 0 Å². The number of hydrogen-bond acceptors (Lipinski definition) is 2. The smallest absolute Gasteiger partial charge is 0.387 e. The average Bonchev–Trinajstić information content (AvgIpc) is 2.35. The second kappa shape index (κ2) is 8.20. The summed E-state index contributed by atoms with van der Waals surface area (Å²) in [5.74, 6) is 2.12. The topological polar surface area (TPSA) is 21.3 Å². The van der Waals surface area contributed by atoms with Crippen LogP contribution >= 0.6 is 0 Å². The first-order chi connectivity index (χ1) is 9.40. The van der Waals surface area contributed by atoms with Gasteiger partial charge in [0, 0.05) is 6.54 Å². The summed E-state index contributed by atoms with van der Waals surface area (Å²) in [6.07, 6.45) is 0. The van der Waals surface area contributed by atoms with Gasteiger partial charge in [-0.15, -0.1) is 0 Å². The number of rotatable bonds is 8. The van der Waals surface area contributed by atoms with E-state index in [9.17, 15) is 8.78 Å². The highest BCUT2D eigenvalue weighted by atomic mass is 19.3. The molecule has 0 spiro atoms. The third kappa shape index (κ3) is 5.87. The third-order valence-corrected chi connectivity index (χ3v) is 3.57. The van der Waals surface area contributed by atoms with Gasteiger partial charge in [0.05, 0.1) is 0 Å². The highest BCUT2D eigenvalue weighted by Crippen LogP contribution is 2.20. The van der Waals surface area contributed by atoms with E-state index in [2.05, 4.69) is 37.7 Å². The Morgan fingerprint density at radius 3 is 2.00 bits per heavy atom. The van der Waals surface area contributed by atoms with Crippen molar-refractivity contribution in [1.29, 1.82) is 0 Å².